The van der Waals surface area contributed by atoms with Gasteiger partial charge in [0.15, 0.2) is 0 Å². The van der Waals surface area contributed by atoms with Crippen molar-refractivity contribution in [1.82, 2.24) is 4.90 Å². The second-order valence-electron chi connectivity index (χ2n) is 6.48. The Kier molecular flexibility index (Phi) is 2.90. The van der Waals surface area contributed by atoms with Crippen molar-refractivity contribution in [2.24, 2.45) is 17.1 Å². The third-order valence-electron chi connectivity index (χ3n) is 4.73. The van der Waals surface area contributed by atoms with Gasteiger partial charge in [0.05, 0.1) is 6.04 Å². The van der Waals surface area contributed by atoms with E-state index >= 15 is 0 Å². The number of hydrogen-bond acceptors (Lipinski definition) is 2. The predicted octanol–water partition coefficient (Wildman–Crippen LogP) is 2.12. The number of rotatable bonds is 2. The van der Waals surface area contributed by atoms with E-state index in [2.05, 4.69) is 32.0 Å². The number of benzene rings is 1. The number of carbonyl (C=O) groups excluding carboxylic acids is 1. The Balaban J connectivity index is 1.86. The number of hydrogen-bond donors (Lipinski definition) is 1. The summed E-state index contributed by atoms with van der Waals surface area (Å²) in [7, 11) is 0. The lowest BCUT2D eigenvalue weighted by Gasteiger charge is -2.37. The Morgan fingerprint density at radius 2 is 2.11 bits per heavy atom. The Hall–Kier alpha value is -1.35. The number of fused-ring (bicyclic) bond motifs is 1. The van der Waals surface area contributed by atoms with Crippen LogP contribution in [0.3, 0.4) is 0 Å². The van der Waals surface area contributed by atoms with Crippen LogP contribution >= 0.6 is 0 Å². The summed E-state index contributed by atoms with van der Waals surface area (Å²) in [6.45, 7) is 5.66. The molecule has 1 amide bonds. The predicted molar refractivity (Wildman–Crippen MR) is 75.5 cm³/mol. The van der Waals surface area contributed by atoms with Crippen LogP contribution in [0.2, 0.25) is 0 Å². The smallest absolute Gasteiger partial charge is 0.226 e. The first-order chi connectivity index (χ1) is 9.04. The molecule has 0 aromatic heterocycles. The minimum absolute atomic E-state index is 0.0637. The first kappa shape index (κ1) is 12.7. The van der Waals surface area contributed by atoms with Crippen LogP contribution in [0.1, 0.15) is 37.4 Å². The SMILES string of the molecule is CC1(C)CC1C(=O)N1CCc2ccccc2C1CN. The molecule has 0 spiro atoms. The Labute approximate surface area is 114 Å². The molecule has 102 valence electrons. The molecule has 1 aliphatic carbocycles. The van der Waals surface area contributed by atoms with E-state index in [-0.39, 0.29) is 17.4 Å². The third kappa shape index (κ3) is 2.06. The van der Waals surface area contributed by atoms with Crippen molar-refractivity contribution in [1.29, 1.82) is 0 Å². The summed E-state index contributed by atoms with van der Waals surface area (Å²) in [5.74, 6) is 0.502. The molecule has 2 unspecified atom stereocenters. The van der Waals surface area contributed by atoms with Gasteiger partial charge in [-0.05, 0) is 29.4 Å². The Morgan fingerprint density at radius 3 is 2.74 bits per heavy atom. The molecule has 1 saturated carbocycles. The van der Waals surface area contributed by atoms with Crippen molar-refractivity contribution in [3.63, 3.8) is 0 Å². The van der Waals surface area contributed by atoms with E-state index < -0.39 is 0 Å². The van der Waals surface area contributed by atoms with Crippen molar-refractivity contribution in [3.05, 3.63) is 35.4 Å². The minimum atomic E-state index is 0.0637. The van der Waals surface area contributed by atoms with E-state index in [4.69, 9.17) is 5.73 Å². The highest BCUT2D eigenvalue weighted by Gasteiger charge is 2.52. The van der Waals surface area contributed by atoms with Crippen molar-refractivity contribution >= 4 is 5.91 Å². The first-order valence-corrected chi connectivity index (χ1v) is 7.13. The van der Waals surface area contributed by atoms with Gasteiger partial charge in [0.25, 0.3) is 0 Å². The molecule has 0 bridgehead atoms. The van der Waals surface area contributed by atoms with Gasteiger partial charge in [0.1, 0.15) is 0 Å². The second kappa shape index (κ2) is 4.34. The van der Waals surface area contributed by atoms with Crippen LogP contribution < -0.4 is 5.73 Å². The zero-order chi connectivity index (χ0) is 13.6. The van der Waals surface area contributed by atoms with Crippen molar-refractivity contribution in [2.75, 3.05) is 13.1 Å². The number of carbonyl (C=O) groups is 1. The standard InChI is InChI=1S/C16H22N2O/c1-16(2)9-13(16)15(19)18-8-7-11-5-3-4-6-12(11)14(18)10-17/h3-6,13-14H,7-10,17H2,1-2H3. The molecule has 1 fully saturated rings. The quantitative estimate of drug-likeness (QED) is 0.883. The van der Waals surface area contributed by atoms with E-state index in [9.17, 15) is 4.79 Å². The van der Waals surface area contributed by atoms with Crippen LogP contribution in [0, 0.1) is 11.3 Å². The summed E-state index contributed by atoms with van der Waals surface area (Å²) in [6, 6.07) is 8.43. The average molecular weight is 258 g/mol. The number of nitrogens with two attached hydrogens (primary N) is 1. The molecule has 1 aliphatic heterocycles. The van der Waals surface area contributed by atoms with Gasteiger partial charge in [-0.25, -0.2) is 0 Å². The molecule has 2 atom stereocenters. The monoisotopic (exact) mass is 258 g/mol. The molecule has 1 aromatic carbocycles. The summed E-state index contributed by atoms with van der Waals surface area (Å²) >= 11 is 0. The van der Waals surface area contributed by atoms with Gasteiger partial charge in [0, 0.05) is 19.0 Å². The van der Waals surface area contributed by atoms with E-state index in [0.29, 0.717) is 12.5 Å². The molecule has 2 aliphatic rings. The van der Waals surface area contributed by atoms with Crippen LogP contribution in [0.4, 0.5) is 0 Å². The molecule has 1 aromatic rings. The summed E-state index contributed by atoms with van der Waals surface area (Å²) in [5.41, 5.74) is 8.71. The van der Waals surface area contributed by atoms with E-state index in [1.54, 1.807) is 0 Å². The molecule has 19 heavy (non-hydrogen) atoms. The number of nitrogens with zero attached hydrogens (tertiary/aromatic N) is 1. The lowest BCUT2D eigenvalue weighted by Crippen LogP contribution is -2.44. The zero-order valence-corrected chi connectivity index (χ0v) is 11.7. The minimum Gasteiger partial charge on any atom is -0.334 e. The highest BCUT2D eigenvalue weighted by atomic mass is 16.2. The topological polar surface area (TPSA) is 46.3 Å². The van der Waals surface area contributed by atoms with Gasteiger partial charge in [-0.2, -0.15) is 0 Å². The van der Waals surface area contributed by atoms with E-state index in [1.165, 1.54) is 11.1 Å². The molecule has 2 N–H and O–H groups in total. The average Bonchev–Trinajstić information content (AvgIpc) is 3.05. The largest absolute Gasteiger partial charge is 0.334 e. The third-order valence-corrected chi connectivity index (χ3v) is 4.73. The van der Waals surface area contributed by atoms with Crippen molar-refractivity contribution < 1.29 is 4.79 Å². The van der Waals surface area contributed by atoms with Gasteiger partial charge in [-0.1, -0.05) is 38.1 Å². The molecule has 0 radical (unpaired) electrons. The fourth-order valence-corrected chi connectivity index (χ4v) is 3.26. The molecule has 3 nitrogen and oxygen atoms in total. The normalized spacial score (nSPS) is 27.8. The van der Waals surface area contributed by atoms with Gasteiger partial charge >= 0.3 is 0 Å². The summed E-state index contributed by atoms with van der Waals surface area (Å²) in [5, 5.41) is 0. The lowest BCUT2D eigenvalue weighted by molar-refractivity contribution is -0.136. The zero-order valence-electron chi connectivity index (χ0n) is 11.7. The molecule has 3 rings (SSSR count). The summed E-state index contributed by atoms with van der Waals surface area (Å²) in [4.78, 5) is 14.6. The first-order valence-electron chi connectivity index (χ1n) is 7.13. The summed E-state index contributed by atoms with van der Waals surface area (Å²) in [6.07, 6.45) is 1.97. The highest BCUT2D eigenvalue weighted by molar-refractivity contribution is 5.83. The highest BCUT2D eigenvalue weighted by Crippen LogP contribution is 2.53. The van der Waals surface area contributed by atoms with Gasteiger partial charge < -0.3 is 10.6 Å². The van der Waals surface area contributed by atoms with Gasteiger partial charge in [0.2, 0.25) is 5.91 Å². The maximum absolute atomic E-state index is 12.6. The second-order valence-corrected chi connectivity index (χ2v) is 6.48. The Bertz CT molecular complexity index is 509. The van der Waals surface area contributed by atoms with Crippen molar-refractivity contribution in [2.45, 2.75) is 32.7 Å². The molecule has 3 heteroatoms. The van der Waals surface area contributed by atoms with Crippen LogP contribution in [0.5, 0.6) is 0 Å². The molecule has 0 saturated heterocycles. The molecular formula is C16H22N2O. The van der Waals surface area contributed by atoms with E-state index in [1.807, 2.05) is 11.0 Å². The summed E-state index contributed by atoms with van der Waals surface area (Å²) < 4.78 is 0. The lowest BCUT2D eigenvalue weighted by atomic mass is 9.92. The fourth-order valence-electron chi connectivity index (χ4n) is 3.26. The van der Waals surface area contributed by atoms with Crippen LogP contribution in [-0.2, 0) is 11.2 Å². The van der Waals surface area contributed by atoms with E-state index in [0.717, 1.165) is 19.4 Å². The van der Waals surface area contributed by atoms with Crippen LogP contribution in [0.15, 0.2) is 24.3 Å². The maximum atomic E-state index is 12.6. The van der Waals surface area contributed by atoms with Crippen LogP contribution in [-0.4, -0.2) is 23.9 Å². The van der Waals surface area contributed by atoms with Gasteiger partial charge in [-0.15, -0.1) is 0 Å². The Morgan fingerprint density at radius 1 is 1.42 bits per heavy atom. The van der Waals surface area contributed by atoms with Crippen LogP contribution in [0.25, 0.3) is 0 Å². The van der Waals surface area contributed by atoms with Gasteiger partial charge in [-0.3, -0.25) is 4.79 Å². The molecule has 1 heterocycles. The number of amides is 1. The molecular weight excluding hydrogens is 236 g/mol. The fraction of sp³-hybridized carbons (Fsp3) is 0.562. The maximum Gasteiger partial charge on any atom is 0.226 e. The van der Waals surface area contributed by atoms with Crippen molar-refractivity contribution in [3.8, 4) is 0 Å².